The van der Waals surface area contributed by atoms with Crippen LogP contribution in [0.5, 0.6) is 0 Å². The van der Waals surface area contributed by atoms with E-state index in [1.165, 1.54) is 11.3 Å². The highest BCUT2D eigenvalue weighted by molar-refractivity contribution is 5.48. The molecule has 0 aliphatic carbocycles. The van der Waals surface area contributed by atoms with Crippen molar-refractivity contribution in [1.82, 2.24) is 0 Å². The van der Waals surface area contributed by atoms with Crippen LogP contribution in [0.3, 0.4) is 0 Å². The van der Waals surface area contributed by atoms with Gasteiger partial charge in [0.2, 0.25) is 0 Å². The molecule has 0 fully saturated rings. The van der Waals surface area contributed by atoms with Crippen LogP contribution >= 0.6 is 0 Å². The number of benzene rings is 1. The van der Waals surface area contributed by atoms with E-state index in [1.807, 2.05) is 12.1 Å². The lowest BCUT2D eigenvalue weighted by Gasteiger charge is -2.22. The van der Waals surface area contributed by atoms with Crippen LogP contribution in [0, 0.1) is 0 Å². The maximum absolute atomic E-state index is 6.03. The summed E-state index contributed by atoms with van der Waals surface area (Å²) in [6, 6.07) is 12.6. The van der Waals surface area contributed by atoms with Gasteiger partial charge in [0.15, 0.2) is 0 Å². The van der Waals surface area contributed by atoms with Gasteiger partial charge in [-0.3, -0.25) is 0 Å². The second-order valence-corrected chi connectivity index (χ2v) is 4.70. The minimum absolute atomic E-state index is 0.134. The van der Waals surface area contributed by atoms with E-state index in [1.54, 1.807) is 6.26 Å². The minimum atomic E-state index is 0.134. The maximum Gasteiger partial charge on any atom is 0.123 e. The van der Waals surface area contributed by atoms with Crippen molar-refractivity contribution in [1.29, 1.82) is 0 Å². The monoisotopic (exact) mass is 258 g/mol. The van der Waals surface area contributed by atoms with Crippen molar-refractivity contribution in [3.05, 3.63) is 54.0 Å². The Morgan fingerprint density at radius 2 is 1.89 bits per heavy atom. The van der Waals surface area contributed by atoms with Gasteiger partial charge in [-0.15, -0.1) is 0 Å². The van der Waals surface area contributed by atoms with Gasteiger partial charge in [0.25, 0.3) is 0 Å². The molecule has 2 rings (SSSR count). The third-order valence-electron chi connectivity index (χ3n) is 3.43. The fourth-order valence-electron chi connectivity index (χ4n) is 2.14. The predicted octanol–water partition coefficient (Wildman–Crippen LogP) is 3.72. The molecule has 0 bridgehead atoms. The van der Waals surface area contributed by atoms with Crippen LogP contribution in [0.15, 0.2) is 47.1 Å². The van der Waals surface area contributed by atoms with E-state index in [0.717, 1.165) is 25.3 Å². The van der Waals surface area contributed by atoms with Crippen LogP contribution in [0.4, 0.5) is 5.69 Å². The lowest BCUT2D eigenvalue weighted by atomic mass is 10.1. The highest BCUT2D eigenvalue weighted by atomic mass is 16.3. The quantitative estimate of drug-likeness (QED) is 0.858. The molecule has 0 spiro atoms. The van der Waals surface area contributed by atoms with Crippen molar-refractivity contribution in [3.8, 4) is 0 Å². The SMILES string of the molecule is CC[C@H](N)c1ccc(N(CC)Cc2ccco2)cc1. The number of rotatable bonds is 6. The van der Waals surface area contributed by atoms with Crippen LogP contribution in [0.25, 0.3) is 0 Å². The average Bonchev–Trinajstić information content (AvgIpc) is 2.97. The number of furan rings is 1. The van der Waals surface area contributed by atoms with Gasteiger partial charge in [-0.25, -0.2) is 0 Å². The molecule has 0 saturated carbocycles. The topological polar surface area (TPSA) is 42.4 Å². The zero-order valence-corrected chi connectivity index (χ0v) is 11.7. The molecular weight excluding hydrogens is 236 g/mol. The first kappa shape index (κ1) is 13.7. The van der Waals surface area contributed by atoms with Crippen molar-refractivity contribution < 1.29 is 4.42 Å². The Morgan fingerprint density at radius 1 is 1.16 bits per heavy atom. The first-order valence-electron chi connectivity index (χ1n) is 6.87. The Kier molecular flexibility index (Phi) is 4.63. The van der Waals surface area contributed by atoms with E-state index in [9.17, 15) is 0 Å². The highest BCUT2D eigenvalue weighted by Crippen LogP contribution is 2.21. The lowest BCUT2D eigenvalue weighted by molar-refractivity contribution is 0.503. The number of nitrogens with zero attached hydrogens (tertiary/aromatic N) is 1. The molecule has 19 heavy (non-hydrogen) atoms. The average molecular weight is 258 g/mol. The standard InChI is InChI=1S/C16H22N2O/c1-3-16(17)13-7-9-14(10-8-13)18(4-2)12-15-6-5-11-19-15/h5-11,16H,3-4,12,17H2,1-2H3/t16-/m0/s1. The molecule has 0 aliphatic heterocycles. The van der Waals surface area contributed by atoms with Gasteiger partial charge in [0, 0.05) is 18.3 Å². The molecule has 1 aromatic heterocycles. The molecule has 0 aliphatic rings. The summed E-state index contributed by atoms with van der Waals surface area (Å²) in [6.45, 7) is 5.99. The molecule has 3 nitrogen and oxygen atoms in total. The first-order chi connectivity index (χ1) is 9.24. The summed E-state index contributed by atoms with van der Waals surface area (Å²) in [5, 5.41) is 0. The summed E-state index contributed by atoms with van der Waals surface area (Å²) in [4.78, 5) is 2.28. The zero-order chi connectivity index (χ0) is 13.7. The summed E-state index contributed by atoms with van der Waals surface area (Å²) in [7, 11) is 0. The van der Waals surface area contributed by atoms with Crippen molar-refractivity contribution in [2.45, 2.75) is 32.9 Å². The van der Waals surface area contributed by atoms with Gasteiger partial charge in [-0.1, -0.05) is 19.1 Å². The van der Waals surface area contributed by atoms with Gasteiger partial charge in [-0.05, 0) is 43.2 Å². The van der Waals surface area contributed by atoms with Gasteiger partial charge in [0.1, 0.15) is 5.76 Å². The number of nitrogens with two attached hydrogens (primary N) is 1. The van der Waals surface area contributed by atoms with Crippen molar-refractivity contribution in [2.75, 3.05) is 11.4 Å². The molecule has 1 heterocycles. The molecule has 0 saturated heterocycles. The smallest absolute Gasteiger partial charge is 0.123 e. The summed E-state index contributed by atoms with van der Waals surface area (Å²) in [6.07, 6.45) is 2.68. The molecule has 0 amide bonds. The molecule has 0 radical (unpaired) electrons. The van der Waals surface area contributed by atoms with Crippen molar-refractivity contribution in [2.24, 2.45) is 5.73 Å². The van der Waals surface area contributed by atoms with Crippen molar-refractivity contribution >= 4 is 5.69 Å². The van der Waals surface area contributed by atoms with Crippen LogP contribution < -0.4 is 10.6 Å². The second-order valence-electron chi connectivity index (χ2n) is 4.70. The van der Waals surface area contributed by atoms with Crippen LogP contribution in [0.2, 0.25) is 0 Å². The van der Waals surface area contributed by atoms with Crippen LogP contribution in [-0.4, -0.2) is 6.54 Å². The van der Waals surface area contributed by atoms with Gasteiger partial charge in [0.05, 0.1) is 12.8 Å². The minimum Gasteiger partial charge on any atom is -0.467 e. The molecule has 1 atom stereocenters. The maximum atomic E-state index is 6.03. The third kappa shape index (κ3) is 3.38. The van der Waals surface area contributed by atoms with Crippen LogP contribution in [-0.2, 0) is 6.54 Å². The van der Waals surface area contributed by atoms with Crippen molar-refractivity contribution in [3.63, 3.8) is 0 Å². The molecule has 1 aromatic carbocycles. The van der Waals surface area contributed by atoms with Gasteiger partial charge in [-0.2, -0.15) is 0 Å². The number of anilines is 1. The molecule has 0 unspecified atom stereocenters. The van der Waals surface area contributed by atoms with E-state index in [-0.39, 0.29) is 6.04 Å². The molecule has 2 aromatic rings. The Morgan fingerprint density at radius 3 is 2.42 bits per heavy atom. The number of hydrogen-bond acceptors (Lipinski definition) is 3. The largest absolute Gasteiger partial charge is 0.467 e. The van der Waals surface area contributed by atoms with Crippen LogP contribution in [0.1, 0.15) is 37.6 Å². The van der Waals surface area contributed by atoms with Gasteiger partial charge >= 0.3 is 0 Å². The Labute approximate surface area is 115 Å². The fourth-order valence-corrected chi connectivity index (χ4v) is 2.14. The second kappa shape index (κ2) is 6.43. The summed E-state index contributed by atoms with van der Waals surface area (Å²) < 4.78 is 5.40. The normalized spacial score (nSPS) is 12.4. The Bertz CT molecular complexity index is 476. The van der Waals surface area contributed by atoms with E-state index in [0.29, 0.717) is 0 Å². The third-order valence-corrected chi connectivity index (χ3v) is 3.43. The van der Waals surface area contributed by atoms with E-state index in [4.69, 9.17) is 10.2 Å². The van der Waals surface area contributed by atoms with E-state index >= 15 is 0 Å². The lowest BCUT2D eigenvalue weighted by Crippen LogP contribution is -2.21. The molecular formula is C16H22N2O. The fraction of sp³-hybridized carbons (Fsp3) is 0.375. The molecule has 3 heteroatoms. The Balaban J connectivity index is 2.10. The zero-order valence-electron chi connectivity index (χ0n) is 11.7. The first-order valence-corrected chi connectivity index (χ1v) is 6.87. The predicted molar refractivity (Wildman–Crippen MR) is 79.1 cm³/mol. The summed E-state index contributed by atoms with van der Waals surface area (Å²) >= 11 is 0. The number of hydrogen-bond donors (Lipinski definition) is 1. The molecule has 2 N–H and O–H groups in total. The van der Waals surface area contributed by atoms with E-state index in [2.05, 4.69) is 43.0 Å². The summed E-state index contributed by atoms with van der Waals surface area (Å²) in [5.41, 5.74) is 8.43. The van der Waals surface area contributed by atoms with E-state index < -0.39 is 0 Å². The van der Waals surface area contributed by atoms with Gasteiger partial charge < -0.3 is 15.1 Å². The molecule has 102 valence electrons. The Hall–Kier alpha value is -1.74. The summed E-state index contributed by atoms with van der Waals surface area (Å²) in [5.74, 6) is 0.983. The highest BCUT2D eigenvalue weighted by Gasteiger charge is 2.08.